The number of nitrogens with one attached hydrogen (secondary N) is 1. The van der Waals surface area contributed by atoms with E-state index in [1.54, 1.807) is 11.6 Å². The minimum Gasteiger partial charge on any atom is -0.314 e. The smallest absolute Gasteiger partial charge is 0.314 e. The predicted octanol–water partition coefficient (Wildman–Crippen LogP) is 1.12. The standard InChI is InChI=1S/C9H13F3N4/c1-13-5-8-15-14-7-4-6(9(10,11)12)2-3-16(7)8/h6,13H,2-5H2,1H3. The fourth-order valence-corrected chi connectivity index (χ4v) is 1.96. The topological polar surface area (TPSA) is 42.7 Å². The highest BCUT2D eigenvalue weighted by molar-refractivity contribution is 5.01. The van der Waals surface area contributed by atoms with Gasteiger partial charge in [-0.3, -0.25) is 0 Å². The minimum absolute atomic E-state index is 0.0553. The number of rotatable bonds is 2. The Kier molecular flexibility index (Phi) is 2.88. The van der Waals surface area contributed by atoms with E-state index in [-0.39, 0.29) is 12.8 Å². The van der Waals surface area contributed by atoms with E-state index in [1.165, 1.54) is 0 Å². The van der Waals surface area contributed by atoms with E-state index in [9.17, 15) is 13.2 Å². The summed E-state index contributed by atoms with van der Waals surface area (Å²) < 4.78 is 39.3. The van der Waals surface area contributed by atoms with Crippen molar-refractivity contribution in [2.45, 2.75) is 32.1 Å². The Balaban J connectivity index is 2.17. The van der Waals surface area contributed by atoms with Crippen molar-refractivity contribution in [3.05, 3.63) is 11.6 Å². The Morgan fingerprint density at radius 1 is 1.44 bits per heavy atom. The van der Waals surface area contributed by atoms with Gasteiger partial charge in [0.25, 0.3) is 0 Å². The lowest BCUT2D eigenvalue weighted by atomic mass is 9.97. The number of alkyl halides is 3. The van der Waals surface area contributed by atoms with Crippen LogP contribution in [0.4, 0.5) is 13.2 Å². The van der Waals surface area contributed by atoms with E-state index >= 15 is 0 Å². The maximum Gasteiger partial charge on any atom is 0.392 e. The summed E-state index contributed by atoms with van der Waals surface area (Å²) in [6.07, 6.45) is -4.06. The Morgan fingerprint density at radius 3 is 2.81 bits per heavy atom. The first-order valence-corrected chi connectivity index (χ1v) is 5.14. The van der Waals surface area contributed by atoms with Crippen LogP contribution in [-0.2, 0) is 19.5 Å². The summed E-state index contributed by atoms with van der Waals surface area (Å²) in [7, 11) is 1.77. The van der Waals surface area contributed by atoms with Crippen LogP contribution in [0.1, 0.15) is 18.1 Å². The van der Waals surface area contributed by atoms with E-state index < -0.39 is 12.1 Å². The van der Waals surface area contributed by atoms with Crippen LogP contribution in [0.15, 0.2) is 0 Å². The van der Waals surface area contributed by atoms with Crippen LogP contribution in [0.2, 0.25) is 0 Å². The summed E-state index contributed by atoms with van der Waals surface area (Å²) >= 11 is 0. The lowest BCUT2D eigenvalue weighted by Gasteiger charge is -2.25. The second-order valence-electron chi connectivity index (χ2n) is 3.95. The van der Waals surface area contributed by atoms with Gasteiger partial charge in [0, 0.05) is 13.0 Å². The lowest BCUT2D eigenvalue weighted by Crippen LogP contribution is -2.32. The summed E-state index contributed by atoms with van der Waals surface area (Å²) in [6, 6.07) is 0. The third-order valence-corrected chi connectivity index (χ3v) is 2.83. The number of aromatic nitrogens is 3. The molecule has 16 heavy (non-hydrogen) atoms. The molecule has 1 aromatic heterocycles. The molecule has 0 saturated carbocycles. The molecule has 4 nitrogen and oxygen atoms in total. The van der Waals surface area contributed by atoms with Crippen LogP contribution < -0.4 is 5.32 Å². The van der Waals surface area contributed by atoms with Crippen molar-refractivity contribution >= 4 is 0 Å². The Morgan fingerprint density at radius 2 is 2.19 bits per heavy atom. The van der Waals surface area contributed by atoms with Crippen LogP contribution in [0, 0.1) is 5.92 Å². The molecule has 0 bridgehead atoms. The van der Waals surface area contributed by atoms with Crippen molar-refractivity contribution < 1.29 is 13.2 Å². The maximum atomic E-state index is 12.5. The molecule has 1 aliphatic rings. The second kappa shape index (κ2) is 4.04. The van der Waals surface area contributed by atoms with Gasteiger partial charge in [0.2, 0.25) is 0 Å². The highest BCUT2D eigenvalue weighted by atomic mass is 19.4. The van der Waals surface area contributed by atoms with E-state index in [0.29, 0.717) is 24.7 Å². The third kappa shape index (κ3) is 2.04. The number of hydrogen-bond acceptors (Lipinski definition) is 3. The molecule has 1 aliphatic heterocycles. The van der Waals surface area contributed by atoms with Crippen molar-refractivity contribution in [1.29, 1.82) is 0 Å². The van der Waals surface area contributed by atoms with Crippen LogP contribution in [-0.4, -0.2) is 28.0 Å². The Labute approximate surface area is 90.9 Å². The van der Waals surface area contributed by atoms with Gasteiger partial charge in [0.15, 0.2) is 0 Å². The second-order valence-corrected chi connectivity index (χ2v) is 3.95. The lowest BCUT2D eigenvalue weighted by molar-refractivity contribution is -0.179. The summed E-state index contributed by atoms with van der Waals surface area (Å²) in [5, 5.41) is 10.6. The van der Waals surface area contributed by atoms with Crippen LogP contribution >= 0.6 is 0 Å². The number of nitrogens with zero attached hydrogens (tertiary/aromatic N) is 3. The first-order chi connectivity index (χ1) is 7.52. The van der Waals surface area contributed by atoms with Gasteiger partial charge in [-0.25, -0.2) is 0 Å². The molecule has 0 radical (unpaired) electrons. The van der Waals surface area contributed by atoms with Crippen LogP contribution in [0.5, 0.6) is 0 Å². The first-order valence-electron chi connectivity index (χ1n) is 5.14. The summed E-state index contributed by atoms with van der Waals surface area (Å²) in [5.74, 6) is -0.122. The van der Waals surface area contributed by atoms with E-state index in [1.807, 2.05) is 0 Å². The number of hydrogen-bond donors (Lipinski definition) is 1. The average molecular weight is 234 g/mol. The molecule has 1 aromatic rings. The molecule has 2 rings (SSSR count). The van der Waals surface area contributed by atoms with E-state index in [0.717, 1.165) is 0 Å². The first kappa shape index (κ1) is 11.4. The maximum absolute atomic E-state index is 12.5. The van der Waals surface area contributed by atoms with Crippen LogP contribution in [0.25, 0.3) is 0 Å². The Bertz CT molecular complexity index is 371. The summed E-state index contributed by atoms with van der Waals surface area (Å²) in [5.41, 5.74) is 0. The van der Waals surface area contributed by atoms with Crippen molar-refractivity contribution in [1.82, 2.24) is 20.1 Å². The zero-order valence-electron chi connectivity index (χ0n) is 8.88. The fourth-order valence-electron chi connectivity index (χ4n) is 1.96. The molecule has 1 unspecified atom stereocenters. The summed E-state index contributed by atoms with van der Waals surface area (Å²) in [6.45, 7) is 0.882. The van der Waals surface area contributed by atoms with Gasteiger partial charge in [-0.1, -0.05) is 0 Å². The summed E-state index contributed by atoms with van der Waals surface area (Å²) in [4.78, 5) is 0. The molecule has 0 amide bonds. The monoisotopic (exact) mass is 234 g/mol. The molecule has 0 aromatic carbocycles. The fraction of sp³-hybridized carbons (Fsp3) is 0.778. The van der Waals surface area contributed by atoms with Gasteiger partial charge in [-0.05, 0) is 13.5 Å². The van der Waals surface area contributed by atoms with Gasteiger partial charge < -0.3 is 9.88 Å². The van der Waals surface area contributed by atoms with E-state index in [2.05, 4.69) is 15.5 Å². The van der Waals surface area contributed by atoms with Crippen molar-refractivity contribution in [3.63, 3.8) is 0 Å². The molecule has 0 fully saturated rings. The SMILES string of the molecule is CNCc1nnc2n1CCC(C(F)(F)F)C2. The quantitative estimate of drug-likeness (QED) is 0.834. The molecule has 0 aliphatic carbocycles. The van der Waals surface area contributed by atoms with Crippen molar-refractivity contribution in [2.24, 2.45) is 5.92 Å². The minimum atomic E-state index is -4.12. The molecule has 0 saturated heterocycles. The number of fused-ring (bicyclic) bond motifs is 1. The molecule has 1 N–H and O–H groups in total. The van der Waals surface area contributed by atoms with Gasteiger partial charge >= 0.3 is 6.18 Å². The third-order valence-electron chi connectivity index (χ3n) is 2.83. The molecular weight excluding hydrogens is 221 g/mol. The van der Waals surface area contributed by atoms with Gasteiger partial charge in [-0.15, -0.1) is 10.2 Å². The molecule has 1 atom stereocenters. The largest absolute Gasteiger partial charge is 0.392 e. The molecule has 7 heteroatoms. The van der Waals surface area contributed by atoms with Gasteiger partial charge in [0.05, 0.1) is 12.5 Å². The zero-order valence-corrected chi connectivity index (χ0v) is 8.88. The molecule has 2 heterocycles. The van der Waals surface area contributed by atoms with E-state index in [4.69, 9.17) is 0 Å². The van der Waals surface area contributed by atoms with Gasteiger partial charge in [-0.2, -0.15) is 13.2 Å². The molecule has 0 spiro atoms. The number of halogens is 3. The molecular formula is C9H13F3N4. The average Bonchev–Trinajstić information content (AvgIpc) is 2.60. The normalized spacial score (nSPS) is 20.9. The highest BCUT2D eigenvalue weighted by Crippen LogP contribution is 2.34. The Hall–Kier alpha value is -1.11. The van der Waals surface area contributed by atoms with Crippen molar-refractivity contribution in [2.75, 3.05) is 7.05 Å². The molecule has 90 valence electrons. The zero-order chi connectivity index (χ0) is 11.8. The predicted molar refractivity (Wildman–Crippen MR) is 50.7 cm³/mol. The van der Waals surface area contributed by atoms with Crippen molar-refractivity contribution in [3.8, 4) is 0 Å². The van der Waals surface area contributed by atoms with Gasteiger partial charge in [0.1, 0.15) is 11.6 Å². The highest BCUT2D eigenvalue weighted by Gasteiger charge is 2.42. The van der Waals surface area contributed by atoms with Crippen LogP contribution in [0.3, 0.4) is 0 Å².